The van der Waals surface area contributed by atoms with Gasteiger partial charge in [0.25, 0.3) is 0 Å². The molecule has 1 saturated carbocycles. The van der Waals surface area contributed by atoms with Crippen molar-refractivity contribution in [2.75, 3.05) is 26.8 Å². The SMILES string of the molecule is COC[C@H]1OC(=O)/C(=C/N2CCCC2)C2=C(O)C(=O)C3=C([C]C[C@]4(C)[C@@H](O)CC[C@@H]34)[C@]21C. The van der Waals surface area contributed by atoms with Crippen LogP contribution in [0.3, 0.4) is 0 Å². The van der Waals surface area contributed by atoms with E-state index in [0.717, 1.165) is 25.9 Å². The number of hydrogen-bond acceptors (Lipinski definition) is 7. The topological polar surface area (TPSA) is 96.3 Å². The highest BCUT2D eigenvalue weighted by molar-refractivity contribution is 6.13. The molecule has 32 heavy (non-hydrogen) atoms. The molecule has 2 aliphatic heterocycles. The third-order valence-electron chi connectivity index (χ3n) is 8.44. The molecule has 5 aliphatic rings. The number of methoxy groups -OCH3 is 1. The predicted molar refractivity (Wildman–Crippen MR) is 115 cm³/mol. The molecule has 3 fully saturated rings. The van der Waals surface area contributed by atoms with Gasteiger partial charge in [0.1, 0.15) is 6.10 Å². The summed E-state index contributed by atoms with van der Waals surface area (Å²) in [7, 11) is 1.54. The van der Waals surface area contributed by atoms with Crippen molar-refractivity contribution in [1.82, 2.24) is 4.90 Å². The van der Waals surface area contributed by atoms with Crippen LogP contribution < -0.4 is 0 Å². The zero-order chi connectivity index (χ0) is 22.8. The number of carbonyl (C=O) groups is 2. The van der Waals surface area contributed by atoms with Crippen molar-refractivity contribution in [3.05, 3.63) is 40.7 Å². The van der Waals surface area contributed by atoms with Crippen molar-refractivity contribution in [3.8, 4) is 0 Å². The van der Waals surface area contributed by atoms with Gasteiger partial charge in [0.2, 0.25) is 5.78 Å². The molecule has 5 rings (SSSR count). The number of Topliss-reactive ketones (excluding diaryl/α,β-unsaturated/α-hetero) is 1. The molecule has 2 heterocycles. The van der Waals surface area contributed by atoms with E-state index in [2.05, 4.69) is 6.42 Å². The normalized spacial score (nSPS) is 40.6. The Hall–Kier alpha value is -2.12. The minimum Gasteiger partial charge on any atom is -0.504 e. The first-order valence-electron chi connectivity index (χ1n) is 11.5. The Labute approximate surface area is 188 Å². The minimum atomic E-state index is -0.961. The fraction of sp³-hybridized carbons (Fsp3) is 0.640. The first kappa shape index (κ1) is 21.7. The second-order valence-corrected chi connectivity index (χ2v) is 10.2. The Bertz CT molecular complexity index is 957. The molecule has 0 aromatic heterocycles. The summed E-state index contributed by atoms with van der Waals surface area (Å²) in [4.78, 5) is 28.7. The molecule has 3 aliphatic carbocycles. The maximum atomic E-state index is 13.6. The molecule has 0 bridgehead atoms. The second-order valence-electron chi connectivity index (χ2n) is 10.2. The molecule has 7 heteroatoms. The lowest BCUT2D eigenvalue weighted by Gasteiger charge is -2.51. The summed E-state index contributed by atoms with van der Waals surface area (Å²) < 4.78 is 11.3. The number of cyclic esters (lactones) is 1. The summed E-state index contributed by atoms with van der Waals surface area (Å²) in [5, 5.41) is 21.9. The number of allylic oxidation sites excluding steroid dienone is 1. The van der Waals surface area contributed by atoms with Crippen molar-refractivity contribution in [3.63, 3.8) is 0 Å². The van der Waals surface area contributed by atoms with Crippen LogP contribution in [-0.2, 0) is 19.1 Å². The molecular weight excluding hydrogens is 410 g/mol. The van der Waals surface area contributed by atoms with Gasteiger partial charge in [0.15, 0.2) is 5.76 Å². The van der Waals surface area contributed by atoms with E-state index in [1.54, 1.807) is 6.20 Å². The van der Waals surface area contributed by atoms with Gasteiger partial charge in [-0.15, -0.1) is 0 Å². The van der Waals surface area contributed by atoms with E-state index in [0.29, 0.717) is 36.0 Å². The Morgan fingerprint density at radius 2 is 1.97 bits per heavy atom. The summed E-state index contributed by atoms with van der Waals surface area (Å²) in [6.07, 6.45) is 7.82. The van der Waals surface area contributed by atoms with Gasteiger partial charge in [0.05, 0.1) is 23.7 Å². The highest BCUT2D eigenvalue weighted by Crippen LogP contribution is 2.62. The van der Waals surface area contributed by atoms with Crippen molar-refractivity contribution < 1.29 is 29.3 Å². The van der Waals surface area contributed by atoms with Gasteiger partial charge in [-0.05, 0) is 50.5 Å². The first-order chi connectivity index (χ1) is 15.2. The molecule has 0 aromatic rings. The number of hydrogen-bond donors (Lipinski definition) is 2. The number of aliphatic hydroxyl groups is 2. The smallest absolute Gasteiger partial charge is 0.340 e. The lowest BCUT2D eigenvalue weighted by Crippen LogP contribution is -2.53. The number of ether oxygens (including phenoxy) is 2. The molecule has 0 spiro atoms. The van der Waals surface area contributed by atoms with Crippen molar-refractivity contribution >= 4 is 11.8 Å². The van der Waals surface area contributed by atoms with Gasteiger partial charge in [-0.2, -0.15) is 0 Å². The Balaban J connectivity index is 1.69. The Kier molecular flexibility index (Phi) is 5.06. The predicted octanol–water partition coefficient (Wildman–Crippen LogP) is 2.50. The summed E-state index contributed by atoms with van der Waals surface area (Å²) in [6.45, 7) is 5.68. The highest BCUT2D eigenvalue weighted by Gasteiger charge is 2.61. The Morgan fingerprint density at radius 1 is 1.25 bits per heavy atom. The van der Waals surface area contributed by atoms with E-state index in [-0.39, 0.29) is 23.9 Å². The second kappa shape index (κ2) is 7.45. The summed E-state index contributed by atoms with van der Waals surface area (Å²) >= 11 is 0. The van der Waals surface area contributed by atoms with Gasteiger partial charge in [-0.25, -0.2) is 4.79 Å². The third kappa shape index (κ3) is 2.80. The first-order valence-corrected chi connectivity index (χ1v) is 11.5. The van der Waals surface area contributed by atoms with Gasteiger partial charge in [0, 0.05) is 49.4 Å². The average molecular weight is 442 g/mol. The van der Waals surface area contributed by atoms with Gasteiger partial charge < -0.3 is 24.6 Å². The third-order valence-corrected chi connectivity index (χ3v) is 8.44. The lowest BCUT2D eigenvalue weighted by atomic mass is 9.54. The molecule has 2 radical (unpaired) electrons. The van der Waals surface area contributed by atoms with Crippen LogP contribution in [0.2, 0.25) is 0 Å². The fourth-order valence-electron chi connectivity index (χ4n) is 6.49. The van der Waals surface area contributed by atoms with Crippen LogP contribution in [0.25, 0.3) is 0 Å². The zero-order valence-corrected chi connectivity index (χ0v) is 18.9. The number of likely N-dealkylation sites (tertiary alicyclic amines) is 1. The monoisotopic (exact) mass is 441 g/mol. The molecular formula is C25H31NO6. The molecule has 7 nitrogen and oxygen atoms in total. The molecule has 172 valence electrons. The van der Waals surface area contributed by atoms with Gasteiger partial charge in [-0.1, -0.05) is 6.92 Å². The van der Waals surface area contributed by atoms with E-state index in [4.69, 9.17) is 9.47 Å². The van der Waals surface area contributed by atoms with Crippen molar-refractivity contribution in [2.45, 2.75) is 58.2 Å². The zero-order valence-electron chi connectivity index (χ0n) is 18.9. The number of rotatable bonds is 3. The summed E-state index contributed by atoms with van der Waals surface area (Å²) in [5.41, 5.74) is 0.311. The van der Waals surface area contributed by atoms with Crippen molar-refractivity contribution in [1.29, 1.82) is 0 Å². The molecule has 0 aromatic carbocycles. The van der Waals surface area contributed by atoms with E-state index in [1.165, 1.54) is 7.11 Å². The summed E-state index contributed by atoms with van der Waals surface area (Å²) in [6, 6.07) is 0. The molecule has 0 unspecified atom stereocenters. The summed E-state index contributed by atoms with van der Waals surface area (Å²) in [5.74, 6) is -1.56. The van der Waals surface area contributed by atoms with Crippen LogP contribution in [0.15, 0.2) is 34.3 Å². The van der Waals surface area contributed by atoms with Crippen LogP contribution in [-0.4, -0.2) is 65.9 Å². The Morgan fingerprint density at radius 3 is 2.66 bits per heavy atom. The van der Waals surface area contributed by atoms with Crippen molar-refractivity contribution in [2.24, 2.45) is 16.7 Å². The number of ketones is 1. The molecule has 5 atom stereocenters. The average Bonchev–Trinajstić information content (AvgIpc) is 3.37. The van der Waals surface area contributed by atoms with E-state index < -0.39 is 34.8 Å². The minimum absolute atomic E-state index is 0.132. The van der Waals surface area contributed by atoms with Crippen LogP contribution in [0.5, 0.6) is 0 Å². The van der Waals surface area contributed by atoms with E-state index in [9.17, 15) is 19.8 Å². The van der Waals surface area contributed by atoms with Crippen LogP contribution in [0.4, 0.5) is 0 Å². The number of esters is 1. The molecule has 2 saturated heterocycles. The van der Waals surface area contributed by atoms with Gasteiger partial charge in [-0.3, -0.25) is 4.79 Å². The standard InChI is InChI=1S/C25H31NO6/c1-24-9-8-16-19(15(24)6-7-17(24)27)21(28)22(29)20-14(12-26-10-4-5-11-26)23(30)32-18(13-31-3)25(16,20)2/h12,15,17-18,27,29H,4-7,9-11,13H2,1-3H3/b14-12+/t15-,17-,18+,24-,25-/m0/s1. The van der Waals surface area contributed by atoms with Gasteiger partial charge >= 0.3 is 5.97 Å². The van der Waals surface area contributed by atoms with Crippen LogP contribution in [0.1, 0.15) is 46.0 Å². The number of carbonyl (C=O) groups excluding carboxylic acids is 2. The van der Waals surface area contributed by atoms with Crippen LogP contribution in [0, 0.1) is 23.2 Å². The van der Waals surface area contributed by atoms with Crippen LogP contribution >= 0.6 is 0 Å². The maximum absolute atomic E-state index is 13.6. The highest BCUT2D eigenvalue weighted by atomic mass is 16.6. The largest absolute Gasteiger partial charge is 0.504 e. The number of aliphatic hydroxyl groups excluding tert-OH is 2. The lowest BCUT2D eigenvalue weighted by molar-refractivity contribution is -0.156. The maximum Gasteiger partial charge on any atom is 0.340 e. The van der Waals surface area contributed by atoms with E-state index in [1.807, 2.05) is 18.7 Å². The number of nitrogens with zero attached hydrogens (tertiary/aromatic N) is 1. The quantitative estimate of drug-likeness (QED) is 0.513. The number of fused-ring (bicyclic) bond motifs is 4. The molecule has 0 amide bonds. The van der Waals surface area contributed by atoms with E-state index >= 15 is 0 Å². The molecule has 2 N–H and O–H groups in total. The fourth-order valence-corrected chi connectivity index (χ4v) is 6.49.